The summed E-state index contributed by atoms with van der Waals surface area (Å²) in [5.41, 5.74) is 1.87. The Hall–Kier alpha value is -0.880. The number of oxime groups is 1. The van der Waals surface area contributed by atoms with Gasteiger partial charge in [-0.15, -0.1) is 0 Å². The van der Waals surface area contributed by atoms with E-state index in [1.807, 2.05) is 31.2 Å². The number of halogens is 1. The van der Waals surface area contributed by atoms with Gasteiger partial charge >= 0.3 is 10.1 Å². The summed E-state index contributed by atoms with van der Waals surface area (Å²) >= 11 is 3.12. The smallest absolute Gasteiger partial charge is 0.268 e. The molecule has 0 atom stereocenters. The third-order valence-corrected chi connectivity index (χ3v) is 2.49. The van der Waals surface area contributed by atoms with E-state index in [0.29, 0.717) is 4.62 Å². The zero-order valence-corrected chi connectivity index (χ0v) is 10.7. The van der Waals surface area contributed by atoms with E-state index in [1.165, 1.54) is 0 Å². The molecule has 82 valence electrons. The lowest BCUT2D eigenvalue weighted by Gasteiger charge is -1.99. The molecular formula is C9H10BrNO3S. The summed E-state index contributed by atoms with van der Waals surface area (Å²) < 4.78 is 26.0. The van der Waals surface area contributed by atoms with Crippen molar-refractivity contribution in [2.45, 2.75) is 6.92 Å². The average molecular weight is 292 g/mol. The quantitative estimate of drug-likeness (QED) is 0.632. The molecule has 15 heavy (non-hydrogen) atoms. The van der Waals surface area contributed by atoms with E-state index < -0.39 is 10.1 Å². The molecule has 1 rings (SSSR count). The van der Waals surface area contributed by atoms with Crippen LogP contribution >= 0.6 is 15.9 Å². The summed E-state index contributed by atoms with van der Waals surface area (Å²) in [4.78, 5) is 0. The SMILES string of the molecule is Cc1ccc(/C(Br)=N/OS(C)(=O)=O)cc1. The molecule has 0 fully saturated rings. The van der Waals surface area contributed by atoms with Crippen molar-refractivity contribution >= 4 is 30.7 Å². The van der Waals surface area contributed by atoms with Crippen LogP contribution in [0.25, 0.3) is 0 Å². The fraction of sp³-hybridized carbons (Fsp3) is 0.222. The Morgan fingerprint density at radius 2 is 1.87 bits per heavy atom. The Morgan fingerprint density at radius 3 is 2.33 bits per heavy atom. The van der Waals surface area contributed by atoms with Crippen LogP contribution in [-0.4, -0.2) is 19.3 Å². The lowest BCUT2D eigenvalue weighted by Crippen LogP contribution is -2.00. The van der Waals surface area contributed by atoms with Crippen LogP contribution in [0.3, 0.4) is 0 Å². The first kappa shape index (κ1) is 12.2. The zero-order valence-electron chi connectivity index (χ0n) is 8.27. The van der Waals surface area contributed by atoms with E-state index in [-0.39, 0.29) is 0 Å². The Kier molecular flexibility index (Phi) is 3.87. The molecule has 0 saturated carbocycles. The van der Waals surface area contributed by atoms with Crippen LogP contribution in [0.4, 0.5) is 0 Å². The van der Waals surface area contributed by atoms with Crippen molar-refractivity contribution in [3.63, 3.8) is 0 Å². The van der Waals surface area contributed by atoms with Crippen molar-refractivity contribution in [3.8, 4) is 0 Å². The van der Waals surface area contributed by atoms with Crippen molar-refractivity contribution in [3.05, 3.63) is 35.4 Å². The molecule has 0 radical (unpaired) electrons. The Bertz CT molecular complexity index is 465. The summed E-state index contributed by atoms with van der Waals surface area (Å²) in [6, 6.07) is 7.42. The van der Waals surface area contributed by atoms with Gasteiger partial charge in [0.2, 0.25) is 0 Å². The van der Waals surface area contributed by atoms with Gasteiger partial charge in [-0.05, 0) is 22.9 Å². The average Bonchev–Trinajstić information content (AvgIpc) is 2.14. The van der Waals surface area contributed by atoms with Crippen molar-refractivity contribution in [2.75, 3.05) is 6.26 Å². The number of aryl methyl sites for hydroxylation is 1. The van der Waals surface area contributed by atoms with Gasteiger partial charge in [-0.2, -0.15) is 8.42 Å². The molecule has 6 heteroatoms. The maximum absolute atomic E-state index is 10.7. The van der Waals surface area contributed by atoms with Crippen LogP contribution in [0.15, 0.2) is 29.4 Å². The van der Waals surface area contributed by atoms with E-state index in [4.69, 9.17) is 0 Å². The molecule has 0 amide bonds. The second-order valence-corrected chi connectivity index (χ2v) is 5.34. The third-order valence-electron chi connectivity index (χ3n) is 1.54. The molecule has 1 aromatic rings. The Labute approximate surface area is 97.2 Å². The summed E-state index contributed by atoms with van der Waals surface area (Å²) in [7, 11) is -3.55. The second kappa shape index (κ2) is 4.76. The van der Waals surface area contributed by atoms with Crippen LogP contribution in [0.1, 0.15) is 11.1 Å². The van der Waals surface area contributed by atoms with Gasteiger partial charge in [-0.3, -0.25) is 4.28 Å². The largest absolute Gasteiger partial charge is 0.325 e. The number of nitrogens with zero attached hydrogens (tertiary/aromatic N) is 1. The molecule has 0 bridgehead atoms. The molecule has 0 saturated heterocycles. The summed E-state index contributed by atoms with van der Waals surface area (Å²) in [5.74, 6) is 0. The predicted octanol–water partition coefficient (Wildman–Crippen LogP) is 2.03. The molecule has 0 N–H and O–H groups in total. The highest BCUT2D eigenvalue weighted by molar-refractivity contribution is 9.18. The van der Waals surface area contributed by atoms with Gasteiger partial charge in [0, 0.05) is 5.56 Å². The van der Waals surface area contributed by atoms with Crippen molar-refractivity contribution in [1.82, 2.24) is 0 Å². The molecule has 1 aromatic carbocycles. The minimum atomic E-state index is -3.55. The van der Waals surface area contributed by atoms with Crippen LogP contribution in [-0.2, 0) is 14.4 Å². The lowest BCUT2D eigenvalue weighted by atomic mass is 10.2. The van der Waals surface area contributed by atoms with Gasteiger partial charge in [0.05, 0.1) is 6.26 Å². The monoisotopic (exact) mass is 291 g/mol. The highest BCUT2D eigenvalue weighted by Gasteiger charge is 2.03. The van der Waals surface area contributed by atoms with Gasteiger partial charge in [-0.25, -0.2) is 0 Å². The van der Waals surface area contributed by atoms with Crippen molar-refractivity contribution in [1.29, 1.82) is 0 Å². The molecule has 0 aromatic heterocycles. The fourth-order valence-electron chi connectivity index (χ4n) is 0.844. The molecule has 0 heterocycles. The molecule has 4 nitrogen and oxygen atoms in total. The Balaban J connectivity index is 2.85. The molecule has 0 aliphatic rings. The van der Waals surface area contributed by atoms with Gasteiger partial charge < -0.3 is 0 Å². The molecule has 0 aliphatic carbocycles. The molecule has 0 aliphatic heterocycles. The fourth-order valence-corrected chi connectivity index (χ4v) is 1.49. The van der Waals surface area contributed by atoms with E-state index in [0.717, 1.165) is 17.4 Å². The molecular weight excluding hydrogens is 282 g/mol. The summed E-state index contributed by atoms with van der Waals surface area (Å²) in [6.07, 6.45) is 0.936. The first-order valence-electron chi connectivity index (χ1n) is 4.07. The standard InChI is InChI=1S/C9H10BrNO3S/c1-7-3-5-8(6-4-7)9(10)11-14-15(2,12)13/h3-6H,1-2H3/b11-9-. The minimum absolute atomic E-state index is 0.341. The second-order valence-electron chi connectivity index (χ2n) is 3.03. The lowest BCUT2D eigenvalue weighted by molar-refractivity contribution is 0.345. The van der Waals surface area contributed by atoms with Crippen LogP contribution in [0, 0.1) is 6.92 Å². The van der Waals surface area contributed by atoms with Crippen LogP contribution < -0.4 is 0 Å². The number of rotatable bonds is 3. The highest BCUT2D eigenvalue weighted by atomic mass is 79.9. The number of benzene rings is 1. The first-order valence-corrected chi connectivity index (χ1v) is 6.68. The van der Waals surface area contributed by atoms with Crippen molar-refractivity contribution < 1.29 is 12.7 Å². The van der Waals surface area contributed by atoms with E-state index in [1.54, 1.807) is 0 Å². The molecule has 0 unspecified atom stereocenters. The van der Waals surface area contributed by atoms with Gasteiger partial charge in [0.1, 0.15) is 0 Å². The predicted molar refractivity (Wildman–Crippen MR) is 62.6 cm³/mol. The van der Waals surface area contributed by atoms with Gasteiger partial charge in [0.15, 0.2) is 4.62 Å². The van der Waals surface area contributed by atoms with E-state index >= 15 is 0 Å². The van der Waals surface area contributed by atoms with Crippen LogP contribution in [0.5, 0.6) is 0 Å². The number of hydrogen-bond donors (Lipinski definition) is 0. The maximum atomic E-state index is 10.7. The highest BCUT2D eigenvalue weighted by Crippen LogP contribution is 2.09. The minimum Gasteiger partial charge on any atom is -0.268 e. The van der Waals surface area contributed by atoms with E-state index in [9.17, 15) is 8.42 Å². The van der Waals surface area contributed by atoms with Crippen molar-refractivity contribution in [2.24, 2.45) is 5.16 Å². The summed E-state index contributed by atoms with van der Waals surface area (Å²) in [5, 5.41) is 3.44. The maximum Gasteiger partial charge on any atom is 0.325 e. The first-order chi connectivity index (χ1) is 6.88. The van der Waals surface area contributed by atoms with Gasteiger partial charge in [-0.1, -0.05) is 35.0 Å². The zero-order chi connectivity index (χ0) is 11.5. The number of hydrogen-bond acceptors (Lipinski definition) is 4. The Morgan fingerprint density at radius 1 is 1.33 bits per heavy atom. The van der Waals surface area contributed by atoms with E-state index in [2.05, 4.69) is 25.4 Å². The topological polar surface area (TPSA) is 55.7 Å². The van der Waals surface area contributed by atoms with Crippen LogP contribution in [0.2, 0.25) is 0 Å². The summed E-state index contributed by atoms with van der Waals surface area (Å²) in [6.45, 7) is 1.96. The third kappa shape index (κ3) is 4.44. The molecule has 0 spiro atoms. The van der Waals surface area contributed by atoms with Gasteiger partial charge in [0.25, 0.3) is 0 Å². The normalized spacial score (nSPS) is 12.6.